The zero-order valence-electron chi connectivity index (χ0n) is 20.0. The van der Waals surface area contributed by atoms with Crippen molar-refractivity contribution in [3.63, 3.8) is 0 Å². The maximum absolute atomic E-state index is 14.8. The molecule has 1 aliphatic carbocycles. The first kappa shape index (κ1) is 24.4. The van der Waals surface area contributed by atoms with Gasteiger partial charge in [-0.15, -0.1) is 0 Å². The molecule has 34 heavy (non-hydrogen) atoms. The molecule has 0 unspecified atom stereocenters. The van der Waals surface area contributed by atoms with Gasteiger partial charge in [0.05, 0.1) is 6.61 Å². The molecule has 3 aromatic rings. The molecule has 3 aromatic carbocycles. The molecule has 180 valence electrons. The Hall–Kier alpha value is -2.75. The van der Waals surface area contributed by atoms with Crippen LogP contribution in [0.25, 0.3) is 11.1 Å². The summed E-state index contributed by atoms with van der Waals surface area (Å²) in [4.78, 5) is 0. The standard InChI is InChI=1S/C30H33F3O/c1-3-5-21-10-15-25(27(31)18-21)23-13-8-22(9-14-23)19-34-28-17-16-26(29(32)30(28)33)24-11-6-20(4-2)7-12-24/h6-7,10-12,15-18,22-23H,3-5,8-9,13-14,19H2,1-2H3. The molecule has 4 heteroatoms. The Morgan fingerprint density at radius 1 is 0.794 bits per heavy atom. The van der Waals surface area contributed by atoms with Gasteiger partial charge in [-0.05, 0) is 90.8 Å². The summed E-state index contributed by atoms with van der Waals surface area (Å²) in [5.74, 6) is -1.52. The molecule has 1 aliphatic rings. The summed E-state index contributed by atoms with van der Waals surface area (Å²) in [6.45, 7) is 4.48. The number of halogens is 3. The van der Waals surface area contributed by atoms with Gasteiger partial charge in [-0.3, -0.25) is 0 Å². The second-order valence-electron chi connectivity index (χ2n) is 9.42. The van der Waals surface area contributed by atoms with Gasteiger partial charge in [-0.2, -0.15) is 4.39 Å². The van der Waals surface area contributed by atoms with Crippen molar-refractivity contribution in [2.75, 3.05) is 6.61 Å². The summed E-state index contributed by atoms with van der Waals surface area (Å²) < 4.78 is 49.8. The quantitative estimate of drug-likeness (QED) is 0.323. The van der Waals surface area contributed by atoms with E-state index in [1.54, 1.807) is 12.1 Å². The molecule has 0 bridgehead atoms. The third kappa shape index (κ3) is 5.48. The van der Waals surface area contributed by atoms with Crippen molar-refractivity contribution in [1.29, 1.82) is 0 Å². The lowest BCUT2D eigenvalue weighted by Gasteiger charge is -2.29. The van der Waals surface area contributed by atoms with E-state index < -0.39 is 11.6 Å². The van der Waals surface area contributed by atoms with Crippen molar-refractivity contribution < 1.29 is 17.9 Å². The van der Waals surface area contributed by atoms with Crippen LogP contribution in [0.1, 0.15) is 68.6 Å². The molecule has 0 atom stereocenters. The highest BCUT2D eigenvalue weighted by molar-refractivity contribution is 5.65. The Morgan fingerprint density at radius 3 is 2.15 bits per heavy atom. The molecule has 0 amide bonds. The largest absolute Gasteiger partial charge is 0.490 e. The van der Waals surface area contributed by atoms with Crippen molar-refractivity contribution in [3.05, 3.63) is 88.7 Å². The van der Waals surface area contributed by atoms with Gasteiger partial charge in [-0.1, -0.05) is 56.7 Å². The van der Waals surface area contributed by atoms with E-state index in [0.29, 0.717) is 12.2 Å². The molecule has 0 heterocycles. The van der Waals surface area contributed by atoms with Crippen LogP contribution in [-0.2, 0) is 12.8 Å². The maximum atomic E-state index is 14.8. The van der Waals surface area contributed by atoms with Crippen LogP contribution in [0.2, 0.25) is 0 Å². The maximum Gasteiger partial charge on any atom is 0.201 e. The van der Waals surface area contributed by atoms with Crippen LogP contribution in [0.3, 0.4) is 0 Å². The lowest BCUT2D eigenvalue weighted by atomic mass is 9.78. The van der Waals surface area contributed by atoms with E-state index in [2.05, 4.69) is 13.8 Å². The van der Waals surface area contributed by atoms with Gasteiger partial charge in [0.2, 0.25) is 5.82 Å². The number of aryl methyl sites for hydroxylation is 2. The van der Waals surface area contributed by atoms with Gasteiger partial charge >= 0.3 is 0 Å². The van der Waals surface area contributed by atoms with E-state index in [1.807, 2.05) is 36.4 Å². The van der Waals surface area contributed by atoms with E-state index in [9.17, 15) is 13.2 Å². The third-order valence-electron chi connectivity index (χ3n) is 7.08. The first-order valence-corrected chi connectivity index (χ1v) is 12.5. The number of hydrogen-bond acceptors (Lipinski definition) is 1. The zero-order chi connectivity index (χ0) is 24.1. The van der Waals surface area contributed by atoms with Gasteiger partial charge in [-0.25, -0.2) is 8.78 Å². The van der Waals surface area contributed by atoms with Crippen molar-refractivity contribution in [1.82, 2.24) is 0 Å². The number of rotatable bonds is 8. The lowest BCUT2D eigenvalue weighted by Crippen LogP contribution is -2.20. The molecule has 0 N–H and O–H groups in total. The second-order valence-corrected chi connectivity index (χ2v) is 9.42. The minimum Gasteiger partial charge on any atom is -0.490 e. The Kier molecular flexibility index (Phi) is 7.97. The molecule has 1 nitrogen and oxygen atoms in total. The highest BCUT2D eigenvalue weighted by atomic mass is 19.2. The molecular weight excluding hydrogens is 433 g/mol. The van der Waals surface area contributed by atoms with E-state index in [-0.39, 0.29) is 29.0 Å². The number of ether oxygens (including phenoxy) is 1. The average molecular weight is 467 g/mol. The van der Waals surface area contributed by atoms with Gasteiger partial charge in [0.1, 0.15) is 5.82 Å². The van der Waals surface area contributed by atoms with Crippen LogP contribution in [-0.4, -0.2) is 6.61 Å². The predicted octanol–water partition coefficient (Wildman–Crippen LogP) is 8.64. The van der Waals surface area contributed by atoms with E-state index in [1.165, 1.54) is 6.07 Å². The summed E-state index contributed by atoms with van der Waals surface area (Å²) in [6.07, 6.45) is 6.31. The Morgan fingerprint density at radius 2 is 1.50 bits per heavy atom. The van der Waals surface area contributed by atoms with Crippen LogP contribution in [0, 0.1) is 23.4 Å². The molecular formula is C30H33F3O. The third-order valence-corrected chi connectivity index (χ3v) is 7.08. The Bertz CT molecular complexity index is 1100. The Labute approximate surface area is 201 Å². The van der Waals surface area contributed by atoms with E-state index in [0.717, 1.165) is 61.6 Å². The second kappa shape index (κ2) is 11.1. The summed E-state index contributed by atoms with van der Waals surface area (Å²) in [5.41, 5.74) is 3.88. The molecule has 1 fully saturated rings. The van der Waals surface area contributed by atoms with Gasteiger partial charge < -0.3 is 4.74 Å². The first-order chi connectivity index (χ1) is 16.5. The van der Waals surface area contributed by atoms with Crippen molar-refractivity contribution in [2.45, 2.75) is 64.7 Å². The molecule has 0 radical (unpaired) electrons. The zero-order valence-corrected chi connectivity index (χ0v) is 20.0. The molecule has 0 aromatic heterocycles. The minimum absolute atomic E-state index is 0.0499. The average Bonchev–Trinajstić information content (AvgIpc) is 2.86. The fourth-order valence-electron chi connectivity index (χ4n) is 4.98. The van der Waals surface area contributed by atoms with Crippen molar-refractivity contribution in [2.24, 2.45) is 5.92 Å². The first-order valence-electron chi connectivity index (χ1n) is 12.5. The van der Waals surface area contributed by atoms with Gasteiger partial charge in [0.15, 0.2) is 11.6 Å². The summed E-state index contributed by atoms with van der Waals surface area (Å²) in [6, 6.07) is 16.2. The molecule has 0 aliphatic heterocycles. The highest BCUT2D eigenvalue weighted by Gasteiger charge is 2.25. The van der Waals surface area contributed by atoms with Crippen molar-refractivity contribution in [3.8, 4) is 16.9 Å². The monoisotopic (exact) mass is 466 g/mol. The van der Waals surface area contributed by atoms with Crippen molar-refractivity contribution >= 4 is 0 Å². The van der Waals surface area contributed by atoms with Gasteiger partial charge in [0.25, 0.3) is 0 Å². The van der Waals surface area contributed by atoms with E-state index >= 15 is 0 Å². The topological polar surface area (TPSA) is 9.23 Å². The lowest BCUT2D eigenvalue weighted by molar-refractivity contribution is 0.192. The van der Waals surface area contributed by atoms with E-state index in [4.69, 9.17) is 4.74 Å². The molecule has 1 saturated carbocycles. The molecule has 4 rings (SSSR count). The normalized spacial score (nSPS) is 18.1. The number of benzene rings is 3. The highest BCUT2D eigenvalue weighted by Crippen LogP contribution is 2.38. The van der Waals surface area contributed by atoms with Crippen LogP contribution >= 0.6 is 0 Å². The van der Waals surface area contributed by atoms with Crippen LogP contribution in [0.15, 0.2) is 54.6 Å². The summed E-state index contributed by atoms with van der Waals surface area (Å²) in [7, 11) is 0. The fraction of sp³-hybridized carbons (Fsp3) is 0.400. The summed E-state index contributed by atoms with van der Waals surface area (Å²) >= 11 is 0. The smallest absolute Gasteiger partial charge is 0.201 e. The summed E-state index contributed by atoms with van der Waals surface area (Å²) in [5, 5.41) is 0. The number of hydrogen-bond donors (Lipinski definition) is 0. The molecule has 0 saturated heterocycles. The predicted molar refractivity (Wildman–Crippen MR) is 132 cm³/mol. The fourth-order valence-corrected chi connectivity index (χ4v) is 4.98. The Balaban J connectivity index is 1.34. The SMILES string of the molecule is CCCc1ccc(C2CCC(COc3ccc(-c4ccc(CC)cc4)c(F)c3F)CC2)c(F)c1. The van der Waals surface area contributed by atoms with Crippen LogP contribution in [0.5, 0.6) is 5.75 Å². The van der Waals surface area contributed by atoms with Gasteiger partial charge in [0, 0.05) is 5.56 Å². The van der Waals surface area contributed by atoms with Crippen LogP contribution in [0.4, 0.5) is 13.2 Å². The molecule has 0 spiro atoms. The minimum atomic E-state index is -0.944. The van der Waals surface area contributed by atoms with Crippen LogP contribution < -0.4 is 4.74 Å².